The van der Waals surface area contributed by atoms with Crippen molar-refractivity contribution >= 4 is 5.78 Å². The highest BCUT2D eigenvalue weighted by Gasteiger charge is 2.17. The Morgan fingerprint density at radius 1 is 0.871 bits per heavy atom. The van der Waals surface area contributed by atoms with E-state index < -0.39 is 0 Å². The number of carbonyl (C=O) groups is 1. The number of nitrogens with zero attached hydrogens (tertiary/aromatic N) is 2. The van der Waals surface area contributed by atoms with E-state index in [0.29, 0.717) is 29.2 Å². The number of hydrogen-bond donors (Lipinski definition) is 1. The molecule has 0 amide bonds. The maximum Gasteiger partial charge on any atom is 0.171 e. The first kappa shape index (κ1) is 20.4. The maximum absolute atomic E-state index is 13.3. The van der Waals surface area contributed by atoms with E-state index in [2.05, 4.69) is 9.97 Å². The highest BCUT2D eigenvalue weighted by atomic mass is 16.5. The number of rotatable bonds is 8. The van der Waals surface area contributed by atoms with Crippen molar-refractivity contribution in [3.63, 3.8) is 0 Å². The zero-order chi connectivity index (χ0) is 21.5. The number of carbonyl (C=O) groups excluding carboxylic acids is 1. The fraction of sp³-hybridized carbons (Fsp3) is 0.115. The lowest BCUT2D eigenvalue weighted by Gasteiger charge is -2.14. The van der Waals surface area contributed by atoms with E-state index in [1.807, 2.05) is 66.7 Å². The van der Waals surface area contributed by atoms with Crippen LogP contribution in [0, 0.1) is 0 Å². The molecule has 2 aromatic carbocycles. The van der Waals surface area contributed by atoms with Crippen LogP contribution in [0.3, 0.4) is 0 Å². The second-order valence-electron chi connectivity index (χ2n) is 7.09. The lowest BCUT2D eigenvalue weighted by atomic mass is 9.97. The van der Waals surface area contributed by atoms with Crippen LogP contribution in [0.5, 0.6) is 5.75 Å². The number of aliphatic hydroxyl groups is 1. The van der Waals surface area contributed by atoms with Crippen molar-refractivity contribution in [3.8, 4) is 16.9 Å². The number of aliphatic hydroxyl groups excluding tert-OH is 1. The van der Waals surface area contributed by atoms with Gasteiger partial charge >= 0.3 is 0 Å². The smallest absolute Gasteiger partial charge is 0.171 e. The average Bonchev–Trinajstić information content (AvgIpc) is 2.84. The van der Waals surface area contributed by atoms with Gasteiger partial charge in [-0.1, -0.05) is 42.5 Å². The monoisotopic (exact) mass is 410 g/mol. The molecule has 0 atom stereocenters. The van der Waals surface area contributed by atoms with Gasteiger partial charge in [0.2, 0.25) is 0 Å². The van der Waals surface area contributed by atoms with Gasteiger partial charge in [-0.3, -0.25) is 14.8 Å². The van der Waals surface area contributed by atoms with Crippen LogP contribution in [-0.4, -0.2) is 20.9 Å². The number of hydrogen-bond acceptors (Lipinski definition) is 5. The predicted octanol–water partition coefficient (Wildman–Crippen LogP) is 4.64. The molecular formula is C26H22N2O3. The first-order chi connectivity index (χ1) is 15.2. The molecule has 0 aliphatic heterocycles. The van der Waals surface area contributed by atoms with Gasteiger partial charge in [0, 0.05) is 25.0 Å². The predicted molar refractivity (Wildman–Crippen MR) is 119 cm³/mol. The van der Waals surface area contributed by atoms with Gasteiger partial charge in [-0.05, 0) is 52.6 Å². The minimum Gasteiger partial charge on any atom is -0.488 e. The van der Waals surface area contributed by atoms with Crippen LogP contribution in [0.1, 0.15) is 27.2 Å². The lowest BCUT2D eigenvalue weighted by Crippen LogP contribution is -2.10. The molecule has 31 heavy (non-hydrogen) atoms. The zero-order valence-corrected chi connectivity index (χ0v) is 16.9. The molecule has 0 saturated carbocycles. The Morgan fingerprint density at radius 3 is 2.45 bits per heavy atom. The Labute approximate surface area is 181 Å². The van der Waals surface area contributed by atoms with E-state index in [1.54, 1.807) is 24.7 Å². The third-order valence-electron chi connectivity index (χ3n) is 5.02. The molecule has 5 nitrogen and oxygen atoms in total. The fourth-order valence-electron chi connectivity index (χ4n) is 3.38. The second kappa shape index (κ2) is 9.78. The van der Waals surface area contributed by atoms with Gasteiger partial charge in [0.25, 0.3) is 0 Å². The quantitative estimate of drug-likeness (QED) is 0.429. The molecule has 4 rings (SSSR count). The Balaban J connectivity index is 1.66. The Hall–Kier alpha value is -3.83. The Bertz CT molecular complexity index is 1160. The van der Waals surface area contributed by atoms with Gasteiger partial charge in [0.15, 0.2) is 5.78 Å². The highest BCUT2D eigenvalue weighted by Crippen LogP contribution is 2.28. The van der Waals surface area contributed by atoms with Crippen LogP contribution in [-0.2, 0) is 19.6 Å². The topological polar surface area (TPSA) is 72.3 Å². The van der Waals surface area contributed by atoms with E-state index in [0.717, 1.165) is 16.7 Å². The third-order valence-corrected chi connectivity index (χ3v) is 5.02. The zero-order valence-electron chi connectivity index (χ0n) is 16.9. The summed E-state index contributed by atoms with van der Waals surface area (Å²) in [6, 6.07) is 22.8. The minimum absolute atomic E-state index is 0.0957. The number of aromatic nitrogens is 2. The number of pyridine rings is 2. The molecule has 0 fully saturated rings. The molecule has 0 spiro atoms. The summed E-state index contributed by atoms with van der Waals surface area (Å²) in [6.07, 6.45) is 5.18. The van der Waals surface area contributed by atoms with Gasteiger partial charge < -0.3 is 9.84 Å². The van der Waals surface area contributed by atoms with Crippen molar-refractivity contribution < 1.29 is 14.6 Å². The molecule has 2 heterocycles. The number of ketones is 1. The number of benzene rings is 2. The molecule has 0 radical (unpaired) electrons. The summed E-state index contributed by atoms with van der Waals surface area (Å²) in [5, 5.41) is 9.56. The molecule has 5 heteroatoms. The summed E-state index contributed by atoms with van der Waals surface area (Å²) in [5.41, 5.74) is 4.61. The standard InChI is InChI=1S/C26H22N2O3/c29-17-24-22(7-4-12-28-24)16-25(30)23-15-21(20-10-13-27-14-11-20)8-9-26(23)31-18-19-5-2-1-3-6-19/h1-15,29H,16-18H2. The average molecular weight is 410 g/mol. The molecule has 2 aromatic heterocycles. The highest BCUT2D eigenvalue weighted by molar-refractivity contribution is 6.01. The van der Waals surface area contributed by atoms with E-state index in [9.17, 15) is 9.90 Å². The van der Waals surface area contributed by atoms with Gasteiger partial charge in [0.1, 0.15) is 12.4 Å². The first-order valence-electron chi connectivity index (χ1n) is 10.0. The van der Waals surface area contributed by atoms with E-state index in [4.69, 9.17) is 4.74 Å². The van der Waals surface area contributed by atoms with Gasteiger partial charge in [-0.25, -0.2) is 0 Å². The molecule has 0 unspecified atom stereocenters. The number of Topliss-reactive ketones (excluding diaryl/α,β-unsaturated/α-hetero) is 1. The van der Waals surface area contributed by atoms with Crippen LogP contribution in [0.15, 0.2) is 91.4 Å². The van der Waals surface area contributed by atoms with E-state index in [1.165, 1.54) is 0 Å². The van der Waals surface area contributed by atoms with Crippen LogP contribution < -0.4 is 4.74 Å². The Kier molecular flexibility index (Phi) is 6.45. The third kappa shape index (κ3) is 5.02. The van der Waals surface area contributed by atoms with Crippen LogP contribution in [0.2, 0.25) is 0 Å². The number of ether oxygens (including phenoxy) is 1. The van der Waals surface area contributed by atoms with Crippen molar-refractivity contribution in [2.24, 2.45) is 0 Å². The van der Waals surface area contributed by atoms with Gasteiger partial charge in [0.05, 0.1) is 17.9 Å². The second-order valence-corrected chi connectivity index (χ2v) is 7.09. The maximum atomic E-state index is 13.3. The molecule has 154 valence electrons. The fourth-order valence-corrected chi connectivity index (χ4v) is 3.38. The molecular weight excluding hydrogens is 388 g/mol. The molecule has 0 aliphatic rings. The van der Waals surface area contributed by atoms with Crippen LogP contribution >= 0.6 is 0 Å². The van der Waals surface area contributed by atoms with E-state index >= 15 is 0 Å². The molecule has 4 aromatic rings. The first-order valence-corrected chi connectivity index (χ1v) is 10.0. The van der Waals surface area contributed by atoms with E-state index in [-0.39, 0.29) is 18.8 Å². The summed E-state index contributed by atoms with van der Waals surface area (Å²) in [6.45, 7) is 0.155. The van der Waals surface area contributed by atoms with Crippen molar-refractivity contribution in [2.45, 2.75) is 19.6 Å². The molecule has 0 aliphatic carbocycles. The SMILES string of the molecule is O=C(Cc1cccnc1CO)c1cc(-c2ccncc2)ccc1OCc1ccccc1. The van der Waals surface area contributed by atoms with Crippen LogP contribution in [0.4, 0.5) is 0 Å². The molecule has 0 bridgehead atoms. The minimum atomic E-state index is -0.210. The molecule has 1 N–H and O–H groups in total. The molecule has 0 saturated heterocycles. The van der Waals surface area contributed by atoms with Crippen molar-refractivity contribution in [1.29, 1.82) is 0 Å². The van der Waals surface area contributed by atoms with Crippen molar-refractivity contribution in [2.75, 3.05) is 0 Å². The van der Waals surface area contributed by atoms with Crippen molar-refractivity contribution in [1.82, 2.24) is 9.97 Å². The summed E-state index contributed by atoms with van der Waals surface area (Å²) in [7, 11) is 0. The van der Waals surface area contributed by atoms with Crippen LogP contribution in [0.25, 0.3) is 11.1 Å². The van der Waals surface area contributed by atoms with Crippen molar-refractivity contribution in [3.05, 3.63) is 114 Å². The summed E-state index contributed by atoms with van der Waals surface area (Å²) in [5.74, 6) is 0.433. The largest absolute Gasteiger partial charge is 0.488 e. The van der Waals surface area contributed by atoms with Gasteiger partial charge in [-0.15, -0.1) is 0 Å². The van der Waals surface area contributed by atoms with Gasteiger partial charge in [-0.2, -0.15) is 0 Å². The summed E-state index contributed by atoms with van der Waals surface area (Å²) in [4.78, 5) is 21.5. The normalized spacial score (nSPS) is 10.6. The Morgan fingerprint density at radius 2 is 1.68 bits per heavy atom. The summed E-state index contributed by atoms with van der Waals surface area (Å²) >= 11 is 0. The lowest BCUT2D eigenvalue weighted by molar-refractivity contribution is 0.0988. The summed E-state index contributed by atoms with van der Waals surface area (Å²) < 4.78 is 6.03.